The quantitative estimate of drug-likeness (QED) is 0.226. The second-order valence-corrected chi connectivity index (χ2v) is 9.11. The van der Waals surface area contributed by atoms with Crippen LogP contribution in [0.5, 0.6) is 0 Å². The van der Waals surface area contributed by atoms with Gasteiger partial charge in [0, 0.05) is 36.0 Å². The summed E-state index contributed by atoms with van der Waals surface area (Å²) in [6, 6.07) is 27.7. The van der Waals surface area contributed by atoms with Gasteiger partial charge in [-0.1, -0.05) is 60.7 Å². The molecule has 6 aromatic rings. The number of Topliss-reactive ketones (excluding diaryl/α,β-unsaturated/α-hetero) is 2. The van der Waals surface area contributed by atoms with E-state index in [4.69, 9.17) is 0 Å². The third-order valence-corrected chi connectivity index (χ3v) is 6.42. The minimum absolute atomic E-state index is 0.139. The van der Waals surface area contributed by atoms with E-state index in [-0.39, 0.29) is 11.6 Å². The van der Waals surface area contributed by atoms with Crippen LogP contribution in [0.15, 0.2) is 110 Å². The number of fused-ring (bicyclic) bond motifs is 2. The van der Waals surface area contributed by atoms with Crippen molar-refractivity contribution >= 4 is 33.4 Å². The lowest BCUT2D eigenvalue weighted by atomic mass is 10.1. The van der Waals surface area contributed by atoms with E-state index in [1.807, 2.05) is 84.9 Å². The highest BCUT2D eigenvalue weighted by Gasteiger charge is 2.10. The summed E-state index contributed by atoms with van der Waals surface area (Å²) in [7, 11) is 0. The van der Waals surface area contributed by atoms with Crippen molar-refractivity contribution in [3.05, 3.63) is 132 Å². The molecule has 0 saturated heterocycles. The molecule has 188 valence electrons. The van der Waals surface area contributed by atoms with Crippen LogP contribution in [-0.4, -0.2) is 31.5 Å². The maximum Gasteiger partial charge on any atom is 0.179 e. The van der Waals surface area contributed by atoms with E-state index in [2.05, 4.69) is 19.9 Å². The van der Waals surface area contributed by atoms with E-state index in [9.17, 15) is 9.59 Å². The zero-order valence-electron chi connectivity index (χ0n) is 20.9. The van der Waals surface area contributed by atoms with Crippen LogP contribution in [0.3, 0.4) is 0 Å². The van der Waals surface area contributed by atoms with Gasteiger partial charge in [0.15, 0.2) is 11.6 Å². The largest absolute Gasteiger partial charge is 0.351 e. The lowest BCUT2D eigenvalue weighted by molar-refractivity contribution is 0.0971. The van der Waals surface area contributed by atoms with Gasteiger partial charge in [-0.05, 0) is 48.2 Å². The van der Waals surface area contributed by atoms with Crippen molar-refractivity contribution in [3.8, 4) is 0 Å². The van der Waals surface area contributed by atoms with Crippen molar-refractivity contribution in [1.29, 1.82) is 0 Å². The van der Waals surface area contributed by atoms with E-state index >= 15 is 0 Å². The summed E-state index contributed by atoms with van der Waals surface area (Å²) >= 11 is 0. The van der Waals surface area contributed by atoms with E-state index < -0.39 is 0 Å². The first-order chi connectivity index (χ1) is 18.7. The number of nitrogens with one attached hydrogen (secondary N) is 2. The molecule has 0 radical (unpaired) electrons. The summed E-state index contributed by atoms with van der Waals surface area (Å²) in [5, 5.41) is 2.05. The minimum Gasteiger partial charge on any atom is -0.351 e. The Bertz CT molecular complexity index is 1460. The second kappa shape index (κ2) is 11.9. The average molecular weight is 501 g/mol. The Hall–Kier alpha value is -4.84. The fourth-order valence-electron chi connectivity index (χ4n) is 4.32. The van der Waals surface area contributed by atoms with Crippen LogP contribution in [0.25, 0.3) is 21.8 Å². The summed E-state index contributed by atoms with van der Waals surface area (Å²) in [5.74, 6) is 0.278. The number of H-pyrrole nitrogens is 2. The van der Waals surface area contributed by atoms with Gasteiger partial charge in [0.2, 0.25) is 0 Å². The maximum absolute atomic E-state index is 12.1. The molecule has 0 aliphatic carbocycles. The highest BCUT2D eigenvalue weighted by atomic mass is 16.1. The molecule has 0 saturated carbocycles. The van der Waals surface area contributed by atoms with Crippen LogP contribution < -0.4 is 0 Å². The Kier molecular flexibility index (Phi) is 7.80. The molecule has 38 heavy (non-hydrogen) atoms. The van der Waals surface area contributed by atoms with Crippen LogP contribution in [-0.2, 0) is 12.8 Å². The average Bonchev–Trinajstić information content (AvgIpc) is 3.61. The van der Waals surface area contributed by atoms with E-state index in [1.165, 1.54) is 11.1 Å². The molecule has 0 fully saturated rings. The molecular formula is C32H28N4O2. The highest BCUT2D eigenvalue weighted by Crippen LogP contribution is 2.17. The molecule has 0 spiro atoms. The molecule has 0 atom stereocenters. The first-order valence-electron chi connectivity index (χ1n) is 12.7. The monoisotopic (exact) mass is 500 g/mol. The standard InChI is InChI=1S/2C16H14N2O/c2*19-16(7-6-12-4-2-1-3-5-12)14-10-13-8-9-17-11-15(13)18-14/h2*1-5,8-11,18H,6-7H2. The van der Waals surface area contributed by atoms with E-state index in [1.54, 1.807) is 24.8 Å². The van der Waals surface area contributed by atoms with Crippen LogP contribution in [0.2, 0.25) is 0 Å². The minimum atomic E-state index is 0.139. The van der Waals surface area contributed by atoms with E-state index in [0.717, 1.165) is 34.6 Å². The van der Waals surface area contributed by atoms with Crippen molar-refractivity contribution in [2.45, 2.75) is 25.7 Å². The molecule has 4 heterocycles. The predicted molar refractivity (Wildman–Crippen MR) is 150 cm³/mol. The number of ketones is 2. The van der Waals surface area contributed by atoms with Crippen molar-refractivity contribution < 1.29 is 9.59 Å². The SMILES string of the molecule is O=C(CCc1ccccc1)c1cc2ccncc2[nH]1.O=C(CCc1ccccc1)c1cc2ccncc2[nH]1. The number of carbonyl (C=O) groups excluding carboxylic acids is 2. The van der Waals surface area contributed by atoms with Gasteiger partial charge >= 0.3 is 0 Å². The number of carbonyl (C=O) groups is 2. The summed E-state index contributed by atoms with van der Waals surface area (Å²) in [6.07, 6.45) is 9.52. The molecule has 0 unspecified atom stereocenters. The molecule has 6 heteroatoms. The number of hydrogen-bond donors (Lipinski definition) is 2. The summed E-state index contributed by atoms with van der Waals surface area (Å²) in [5.41, 5.74) is 5.52. The highest BCUT2D eigenvalue weighted by molar-refractivity contribution is 6.00. The Morgan fingerprint density at radius 2 is 1.00 bits per heavy atom. The van der Waals surface area contributed by atoms with Crippen molar-refractivity contribution in [2.24, 2.45) is 0 Å². The molecule has 0 bridgehead atoms. The first-order valence-corrected chi connectivity index (χ1v) is 12.7. The third kappa shape index (κ3) is 6.28. The molecule has 2 N–H and O–H groups in total. The van der Waals surface area contributed by atoms with Crippen molar-refractivity contribution in [2.75, 3.05) is 0 Å². The normalized spacial score (nSPS) is 10.7. The molecule has 2 aromatic carbocycles. The molecule has 0 amide bonds. The number of aromatic amines is 2. The Labute approximate surface area is 220 Å². The molecular weight excluding hydrogens is 472 g/mol. The fourth-order valence-corrected chi connectivity index (χ4v) is 4.32. The van der Waals surface area contributed by atoms with Gasteiger partial charge in [0.1, 0.15) is 0 Å². The van der Waals surface area contributed by atoms with Gasteiger partial charge in [-0.2, -0.15) is 0 Å². The molecule has 4 aromatic heterocycles. The smallest absolute Gasteiger partial charge is 0.179 e. The fraction of sp³-hybridized carbons (Fsp3) is 0.125. The number of pyridine rings is 2. The van der Waals surface area contributed by atoms with Gasteiger partial charge in [-0.15, -0.1) is 0 Å². The van der Waals surface area contributed by atoms with E-state index in [0.29, 0.717) is 24.2 Å². The Morgan fingerprint density at radius 1 is 0.579 bits per heavy atom. The van der Waals surface area contributed by atoms with Crippen molar-refractivity contribution in [1.82, 2.24) is 19.9 Å². The second-order valence-electron chi connectivity index (χ2n) is 9.11. The Balaban J connectivity index is 0.000000155. The molecule has 0 aliphatic rings. The molecule has 6 nitrogen and oxygen atoms in total. The Morgan fingerprint density at radius 3 is 1.39 bits per heavy atom. The molecule has 6 rings (SSSR count). The maximum atomic E-state index is 12.1. The number of aromatic nitrogens is 4. The number of rotatable bonds is 8. The number of hydrogen-bond acceptors (Lipinski definition) is 4. The van der Waals surface area contributed by atoms with Gasteiger partial charge in [-0.3, -0.25) is 19.6 Å². The number of nitrogens with zero attached hydrogens (tertiary/aromatic N) is 2. The van der Waals surface area contributed by atoms with Crippen molar-refractivity contribution in [3.63, 3.8) is 0 Å². The predicted octanol–water partition coefficient (Wildman–Crippen LogP) is 6.76. The van der Waals surface area contributed by atoms with Crippen LogP contribution in [0.1, 0.15) is 44.9 Å². The lowest BCUT2D eigenvalue weighted by Gasteiger charge is -1.99. The molecule has 0 aliphatic heterocycles. The zero-order valence-corrected chi connectivity index (χ0v) is 20.9. The summed E-state index contributed by atoms with van der Waals surface area (Å²) < 4.78 is 0. The van der Waals surface area contributed by atoms with Crippen LogP contribution in [0.4, 0.5) is 0 Å². The summed E-state index contributed by atoms with van der Waals surface area (Å²) in [4.78, 5) is 38.6. The van der Waals surface area contributed by atoms with Gasteiger partial charge in [0.05, 0.1) is 34.8 Å². The van der Waals surface area contributed by atoms with Gasteiger partial charge < -0.3 is 9.97 Å². The van der Waals surface area contributed by atoms with Crippen LogP contribution >= 0.6 is 0 Å². The lowest BCUT2D eigenvalue weighted by Crippen LogP contribution is -2.01. The third-order valence-electron chi connectivity index (χ3n) is 6.42. The number of aryl methyl sites for hydroxylation is 2. The summed E-state index contributed by atoms with van der Waals surface area (Å²) in [6.45, 7) is 0. The zero-order chi connectivity index (χ0) is 26.2. The topological polar surface area (TPSA) is 91.5 Å². The van der Waals surface area contributed by atoms with Gasteiger partial charge in [-0.25, -0.2) is 0 Å². The van der Waals surface area contributed by atoms with Gasteiger partial charge in [0.25, 0.3) is 0 Å². The first kappa shape index (κ1) is 24.8. The number of benzene rings is 2. The van der Waals surface area contributed by atoms with Crippen LogP contribution in [0, 0.1) is 0 Å².